The van der Waals surface area contributed by atoms with Crippen molar-refractivity contribution in [3.05, 3.63) is 127 Å². The summed E-state index contributed by atoms with van der Waals surface area (Å²) in [5, 5.41) is 2.48. The van der Waals surface area contributed by atoms with E-state index in [2.05, 4.69) is 131 Å². The number of rotatable bonds is 9. The molecule has 0 fully saturated rings. The molecule has 0 spiro atoms. The molecule has 5 rings (SSSR count). The van der Waals surface area contributed by atoms with Gasteiger partial charge in [0.1, 0.15) is 5.69 Å². The molecule has 2 nitrogen and oxygen atoms in total. The van der Waals surface area contributed by atoms with Crippen LogP contribution in [0.5, 0.6) is 0 Å². The summed E-state index contributed by atoms with van der Waals surface area (Å²) in [5.41, 5.74) is 5.21. The first kappa shape index (κ1) is 23.7. The van der Waals surface area contributed by atoms with Gasteiger partial charge in [-0.25, -0.2) is 4.57 Å². The molecule has 0 amide bonds. The number of pyridine rings is 1. The van der Waals surface area contributed by atoms with Crippen molar-refractivity contribution in [1.29, 1.82) is 0 Å². The minimum Gasteiger partial charge on any atom is -0.227 e. The molecule has 35 heavy (non-hydrogen) atoms. The summed E-state index contributed by atoms with van der Waals surface area (Å²) >= 11 is 6.71. The van der Waals surface area contributed by atoms with Gasteiger partial charge in [0.15, 0.2) is 5.44 Å². The van der Waals surface area contributed by atoms with Gasteiger partial charge in [0.05, 0.1) is 18.8 Å². The van der Waals surface area contributed by atoms with Crippen molar-refractivity contribution in [3.8, 4) is 0 Å². The van der Waals surface area contributed by atoms with Crippen LogP contribution in [0.1, 0.15) is 30.5 Å². The molecule has 5 aromatic rings. The first-order valence-corrected chi connectivity index (χ1v) is 15.2. The third-order valence-corrected chi connectivity index (χ3v) is 11.8. The molecule has 0 saturated heterocycles. The molecule has 0 aliphatic heterocycles. The van der Waals surface area contributed by atoms with Crippen LogP contribution in [0, 0.1) is 6.92 Å². The van der Waals surface area contributed by atoms with Crippen molar-refractivity contribution in [1.82, 2.24) is 4.57 Å². The van der Waals surface area contributed by atoms with Crippen molar-refractivity contribution in [3.63, 3.8) is 0 Å². The highest BCUT2D eigenvalue weighted by atomic mass is 32.4. The topological polar surface area (TPSA) is 9.03 Å². The average molecular weight is 496 g/mol. The van der Waals surface area contributed by atoms with E-state index in [1.165, 1.54) is 45.8 Å². The standard InChI is InChI=1S/C31H32N2PS/c1-26-31(34(35,28-19-9-3-10-20-28)29-21-11-4-12-22-29)33-25-15-13-23-30(33)32(26)24-14-5-8-18-27-16-6-2-7-17-27/h2-4,6-7,9-13,15-17,19-23,25H,5,8,14,18,24H2,1H3/q+1. The Morgan fingerprint density at radius 3 is 1.89 bits per heavy atom. The van der Waals surface area contributed by atoms with E-state index in [1.54, 1.807) is 0 Å². The highest BCUT2D eigenvalue weighted by Gasteiger charge is 2.36. The summed E-state index contributed by atoms with van der Waals surface area (Å²) in [7, 11) is 0. The zero-order valence-electron chi connectivity index (χ0n) is 20.3. The summed E-state index contributed by atoms with van der Waals surface area (Å²) in [6, 6.07) is 36.5. The molecule has 176 valence electrons. The lowest BCUT2D eigenvalue weighted by Gasteiger charge is -2.21. The number of unbranched alkanes of at least 4 members (excludes halogenated alkanes) is 2. The molecular weight excluding hydrogens is 463 g/mol. The molecule has 0 aliphatic rings. The second-order valence-corrected chi connectivity index (χ2v) is 13.4. The minimum absolute atomic E-state index is 1.01. The van der Waals surface area contributed by atoms with Gasteiger partial charge in [-0.15, -0.1) is 0 Å². The quantitative estimate of drug-likeness (QED) is 0.145. The number of hydrogen-bond donors (Lipinski definition) is 0. The Morgan fingerprint density at radius 1 is 0.686 bits per heavy atom. The van der Waals surface area contributed by atoms with Crippen LogP contribution in [0.3, 0.4) is 0 Å². The SMILES string of the molecule is Cc1c(P(=S)(c2ccccc2)c2ccccc2)[n+]2ccccc2n1CCCCCc1ccccc1. The molecular formula is C31H32N2PS+. The van der Waals surface area contributed by atoms with E-state index >= 15 is 0 Å². The van der Waals surface area contributed by atoms with E-state index < -0.39 is 6.04 Å². The highest BCUT2D eigenvalue weighted by molar-refractivity contribution is 8.25. The molecule has 0 N–H and O–H groups in total. The summed E-state index contributed by atoms with van der Waals surface area (Å²) < 4.78 is 4.85. The van der Waals surface area contributed by atoms with Gasteiger partial charge in [-0.1, -0.05) is 109 Å². The summed E-state index contributed by atoms with van der Waals surface area (Å²) in [4.78, 5) is 0. The van der Waals surface area contributed by atoms with Crippen LogP contribution in [0.2, 0.25) is 0 Å². The maximum atomic E-state index is 6.71. The van der Waals surface area contributed by atoms with Crippen LogP contribution in [-0.4, -0.2) is 4.57 Å². The Kier molecular flexibility index (Phi) is 7.27. The Morgan fingerprint density at radius 2 is 1.26 bits per heavy atom. The monoisotopic (exact) mass is 495 g/mol. The van der Waals surface area contributed by atoms with E-state index in [1.807, 2.05) is 0 Å². The zero-order chi connectivity index (χ0) is 24.1. The van der Waals surface area contributed by atoms with E-state index in [4.69, 9.17) is 11.8 Å². The normalized spacial score (nSPS) is 11.7. The predicted molar refractivity (Wildman–Crippen MR) is 152 cm³/mol. The zero-order valence-corrected chi connectivity index (χ0v) is 22.0. The molecule has 0 bridgehead atoms. The van der Waals surface area contributed by atoms with Crippen LogP contribution in [0.25, 0.3) is 5.65 Å². The van der Waals surface area contributed by atoms with Gasteiger partial charge in [0, 0.05) is 13.0 Å². The van der Waals surface area contributed by atoms with Gasteiger partial charge in [-0.2, -0.15) is 4.40 Å². The van der Waals surface area contributed by atoms with Crippen molar-refractivity contribution in [2.24, 2.45) is 0 Å². The van der Waals surface area contributed by atoms with E-state index in [0.29, 0.717) is 0 Å². The van der Waals surface area contributed by atoms with Crippen molar-refractivity contribution in [2.75, 3.05) is 0 Å². The maximum Gasteiger partial charge on any atom is 0.286 e. The lowest BCUT2D eigenvalue weighted by molar-refractivity contribution is -0.490. The summed E-state index contributed by atoms with van der Waals surface area (Å²) in [6.07, 6.45) is 6.93. The Bertz CT molecular complexity index is 1400. The molecule has 2 heterocycles. The lowest BCUT2D eigenvalue weighted by atomic mass is 10.1. The van der Waals surface area contributed by atoms with E-state index in [9.17, 15) is 0 Å². The molecule has 0 aliphatic carbocycles. The minimum atomic E-state index is -2.25. The molecule has 0 unspecified atom stereocenters. The number of aryl methyl sites for hydroxylation is 2. The van der Waals surface area contributed by atoms with E-state index in [0.717, 1.165) is 19.4 Å². The lowest BCUT2D eigenvalue weighted by Crippen LogP contribution is -2.42. The van der Waals surface area contributed by atoms with Crippen molar-refractivity contribution < 1.29 is 4.40 Å². The first-order valence-electron chi connectivity index (χ1n) is 12.4. The van der Waals surface area contributed by atoms with Gasteiger partial charge in [0.25, 0.3) is 5.65 Å². The van der Waals surface area contributed by atoms with E-state index in [-0.39, 0.29) is 0 Å². The molecule has 0 radical (unpaired) electrons. The van der Waals surface area contributed by atoms with Crippen LogP contribution < -0.4 is 20.4 Å². The third kappa shape index (κ3) is 4.76. The average Bonchev–Trinajstić information content (AvgIpc) is 3.21. The Labute approximate surface area is 213 Å². The number of hydrogen-bond acceptors (Lipinski definition) is 1. The Balaban J connectivity index is 1.51. The van der Waals surface area contributed by atoms with Crippen LogP contribution >= 0.6 is 6.04 Å². The van der Waals surface area contributed by atoms with Gasteiger partial charge < -0.3 is 0 Å². The fourth-order valence-electron chi connectivity index (χ4n) is 5.05. The van der Waals surface area contributed by atoms with Gasteiger partial charge in [0.2, 0.25) is 0 Å². The third-order valence-electron chi connectivity index (χ3n) is 6.80. The fourth-order valence-corrected chi connectivity index (χ4v) is 9.46. The first-order chi connectivity index (χ1) is 17.2. The number of nitrogens with zero attached hydrogens (tertiary/aromatic N) is 2. The molecule has 2 aromatic heterocycles. The predicted octanol–water partition coefficient (Wildman–Crippen LogP) is 5.70. The van der Waals surface area contributed by atoms with Crippen LogP contribution in [0.4, 0.5) is 0 Å². The van der Waals surface area contributed by atoms with Crippen LogP contribution in [-0.2, 0) is 24.8 Å². The number of benzene rings is 3. The number of aromatic nitrogens is 2. The number of fused-ring (bicyclic) bond motifs is 1. The second-order valence-electron chi connectivity index (χ2n) is 9.07. The van der Waals surface area contributed by atoms with Gasteiger partial charge >= 0.3 is 0 Å². The molecule has 3 aromatic carbocycles. The summed E-state index contributed by atoms with van der Waals surface area (Å²) in [6.45, 7) is 3.27. The molecule has 4 heteroatoms. The maximum absolute atomic E-state index is 6.71. The fraction of sp³-hybridized carbons (Fsp3) is 0.194. The van der Waals surface area contributed by atoms with Crippen molar-refractivity contribution >= 4 is 39.5 Å². The van der Waals surface area contributed by atoms with Gasteiger partial charge in [-0.3, -0.25) is 0 Å². The highest BCUT2D eigenvalue weighted by Crippen LogP contribution is 2.43. The largest absolute Gasteiger partial charge is 0.286 e. The smallest absolute Gasteiger partial charge is 0.227 e. The van der Waals surface area contributed by atoms with Crippen molar-refractivity contribution in [2.45, 2.75) is 39.2 Å². The molecule has 0 atom stereocenters. The van der Waals surface area contributed by atoms with Gasteiger partial charge in [-0.05, 0) is 47.9 Å². The van der Waals surface area contributed by atoms with Crippen LogP contribution in [0.15, 0.2) is 115 Å². The second kappa shape index (κ2) is 10.7. The Hall–Kier alpha value is -3.00. The summed E-state index contributed by atoms with van der Waals surface area (Å²) in [5.74, 6) is 0. The molecule has 0 saturated carbocycles. The number of imidazole rings is 1.